The van der Waals surface area contributed by atoms with Gasteiger partial charge in [0.2, 0.25) is 0 Å². The highest BCUT2D eigenvalue weighted by molar-refractivity contribution is 6.06. The molecule has 0 unspecified atom stereocenters. The first kappa shape index (κ1) is 19.1. The van der Waals surface area contributed by atoms with Crippen molar-refractivity contribution in [3.63, 3.8) is 0 Å². The third-order valence-corrected chi connectivity index (χ3v) is 3.55. The van der Waals surface area contributed by atoms with Gasteiger partial charge in [0.05, 0.1) is 14.2 Å². The molecule has 0 aromatic heterocycles. The lowest BCUT2D eigenvalue weighted by atomic mass is 10.1. The highest BCUT2D eigenvalue weighted by Gasteiger charge is 2.12. The molecule has 0 aliphatic rings. The van der Waals surface area contributed by atoms with Gasteiger partial charge in [0.15, 0.2) is 17.3 Å². The molecule has 0 saturated carbocycles. The number of ketones is 1. The van der Waals surface area contributed by atoms with E-state index in [0.29, 0.717) is 22.8 Å². The predicted octanol–water partition coefficient (Wildman–Crippen LogP) is 3.66. The average molecular weight is 355 g/mol. The Morgan fingerprint density at radius 3 is 2.19 bits per heavy atom. The average Bonchev–Trinajstić information content (AvgIpc) is 2.66. The molecule has 0 bridgehead atoms. The van der Waals surface area contributed by atoms with Crippen LogP contribution in [-0.2, 0) is 0 Å². The summed E-state index contributed by atoms with van der Waals surface area (Å²) in [5.74, 6) is 1.27. The minimum Gasteiger partial charge on any atom is -0.497 e. The second kappa shape index (κ2) is 8.71. The van der Waals surface area contributed by atoms with Gasteiger partial charge in [-0.05, 0) is 48.0 Å². The highest BCUT2D eigenvalue weighted by Crippen LogP contribution is 2.29. The molecular formula is C20H21NO5. The van der Waals surface area contributed by atoms with Gasteiger partial charge in [-0.1, -0.05) is 12.1 Å². The Kier molecular flexibility index (Phi) is 6.38. The van der Waals surface area contributed by atoms with E-state index in [4.69, 9.17) is 14.2 Å². The lowest BCUT2D eigenvalue weighted by molar-refractivity contribution is 0.104. The van der Waals surface area contributed by atoms with E-state index in [2.05, 4.69) is 0 Å². The number of hydrogen-bond donors (Lipinski definition) is 0. The number of amides is 1. The topological polar surface area (TPSA) is 65.1 Å². The molecule has 0 fully saturated rings. The predicted molar refractivity (Wildman–Crippen MR) is 99.1 cm³/mol. The van der Waals surface area contributed by atoms with Gasteiger partial charge >= 0.3 is 6.09 Å². The van der Waals surface area contributed by atoms with Gasteiger partial charge < -0.3 is 19.1 Å². The number of hydrogen-bond acceptors (Lipinski definition) is 5. The summed E-state index contributed by atoms with van der Waals surface area (Å²) in [6, 6.07) is 11.9. The zero-order chi connectivity index (χ0) is 19.1. The molecule has 0 radical (unpaired) electrons. The summed E-state index contributed by atoms with van der Waals surface area (Å²) in [4.78, 5) is 25.2. The van der Waals surface area contributed by atoms with Gasteiger partial charge in [0, 0.05) is 19.7 Å². The van der Waals surface area contributed by atoms with E-state index >= 15 is 0 Å². The fourth-order valence-electron chi connectivity index (χ4n) is 2.08. The van der Waals surface area contributed by atoms with Gasteiger partial charge in [-0.15, -0.1) is 0 Å². The first-order valence-electron chi connectivity index (χ1n) is 7.88. The Bertz CT molecular complexity index is 809. The molecule has 0 spiro atoms. The third-order valence-electron chi connectivity index (χ3n) is 3.55. The number of rotatable bonds is 6. The largest absolute Gasteiger partial charge is 0.497 e. The number of carbonyl (C=O) groups excluding carboxylic acids is 2. The Morgan fingerprint density at radius 2 is 1.62 bits per heavy atom. The number of carbonyl (C=O) groups is 2. The summed E-state index contributed by atoms with van der Waals surface area (Å²) in [6.45, 7) is 0. The first-order chi connectivity index (χ1) is 12.4. The van der Waals surface area contributed by atoms with Crippen LogP contribution in [0.15, 0.2) is 48.5 Å². The normalized spacial score (nSPS) is 10.5. The molecule has 2 aromatic carbocycles. The minimum atomic E-state index is -0.499. The van der Waals surface area contributed by atoms with E-state index in [1.165, 1.54) is 18.1 Å². The first-order valence-corrected chi connectivity index (χ1v) is 7.88. The Hall–Kier alpha value is -3.28. The Labute approximate surface area is 152 Å². The van der Waals surface area contributed by atoms with Crippen LogP contribution in [0.1, 0.15) is 15.9 Å². The van der Waals surface area contributed by atoms with Crippen molar-refractivity contribution >= 4 is 18.0 Å². The van der Waals surface area contributed by atoms with Crippen LogP contribution >= 0.6 is 0 Å². The summed E-state index contributed by atoms with van der Waals surface area (Å²) in [7, 11) is 6.25. The highest BCUT2D eigenvalue weighted by atomic mass is 16.6. The van der Waals surface area contributed by atoms with Crippen LogP contribution in [-0.4, -0.2) is 45.1 Å². The maximum absolute atomic E-state index is 12.2. The van der Waals surface area contributed by atoms with Crippen LogP contribution in [0.25, 0.3) is 6.08 Å². The lowest BCUT2D eigenvalue weighted by Gasteiger charge is -2.13. The van der Waals surface area contributed by atoms with Crippen molar-refractivity contribution in [2.45, 2.75) is 0 Å². The van der Waals surface area contributed by atoms with Crippen molar-refractivity contribution in [1.82, 2.24) is 4.90 Å². The van der Waals surface area contributed by atoms with E-state index in [-0.39, 0.29) is 5.78 Å². The number of nitrogens with zero attached hydrogens (tertiary/aromatic N) is 1. The van der Waals surface area contributed by atoms with E-state index in [0.717, 1.165) is 5.56 Å². The molecule has 0 aliphatic carbocycles. The van der Waals surface area contributed by atoms with Crippen LogP contribution < -0.4 is 14.2 Å². The molecule has 136 valence electrons. The second-order valence-electron chi connectivity index (χ2n) is 5.60. The number of allylic oxidation sites excluding steroid dienone is 1. The quantitative estimate of drug-likeness (QED) is 0.584. The number of benzene rings is 2. The second-order valence-corrected chi connectivity index (χ2v) is 5.60. The van der Waals surface area contributed by atoms with Crippen molar-refractivity contribution in [3.05, 3.63) is 59.7 Å². The van der Waals surface area contributed by atoms with Gasteiger partial charge in [-0.25, -0.2) is 4.79 Å². The fraction of sp³-hybridized carbons (Fsp3) is 0.200. The minimum absolute atomic E-state index is 0.130. The van der Waals surface area contributed by atoms with Crippen molar-refractivity contribution < 1.29 is 23.8 Å². The van der Waals surface area contributed by atoms with E-state index in [1.54, 1.807) is 69.7 Å². The number of ether oxygens (including phenoxy) is 3. The molecule has 6 heteroatoms. The van der Waals surface area contributed by atoms with Crippen molar-refractivity contribution in [1.29, 1.82) is 0 Å². The zero-order valence-corrected chi connectivity index (χ0v) is 15.2. The fourth-order valence-corrected chi connectivity index (χ4v) is 2.08. The van der Waals surface area contributed by atoms with Crippen LogP contribution in [0.3, 0.4) is 0 Å². The zero-order valence-electron chi connectivity index (χ0n) is 15.2. The molecular weight excluding hydrogens is 334 g/mol. The molecule has 1 amide bonds. The molecule has 0 heterocycles. The van der Waals surface area contributed by atoms with Crippen LogP contribution in [0.2, 0.25) is 0 Å². The van der Waals surface area contributed by atoms with Crippen LogP contribution in [0.4, 0.5) is 4.79 Å². The molecule has 0 aliphatic heterocycles. The lowest BCUT2D eigenvalue weighted by Crippen LogP contribution is -2.25. The van der Waals surface area contributed by atoms with Gasteiger partial charge in [0.1, 0.15) is 5.75 Å². The van der Waals surface area contributed by atoms with E-state index in [9.17, 15) is 9.59 Å². The standard InChI is InChI=1S/C20H21NO5/c1-21(2)20(23)26-18-12-6-14(13-19(18)25-4)5-11-17(22)15-7-9-16(24-3)10-8-15/h5-13H,1-4H3. The monoisotopic (exact) mass is 355 g/mol. The van der Waals surface area contributed by atoms with E-state index < -0.39 is 6.09 Å². The van der Waals surface area contributed by atoms with E-state index in [1.807, 2.05) is 0 Å². The van der Waals surface area contributed by atoms with Crippen LogP contribution in [0, 0.1) is 0 Å². The molecule has 0 saturated heterocycles. The van der Waals surface area contributed by atoms with Crippen molar-refractivity contribution in [2.75, 3.05) is 28.3 Å². The summed E-state index contributed by atoms with van der Waals surface area (Å²) in [5, 5.41) is 0. The Balaban J connectivity index is 2.14. The molecule has 0 atom stereocenters. The SMILES string of the molecule is COc1ccc(C(=O)C=Cc2ccc(OC(=O)N(C)C)c(OC)c2)cc1. The third kappa shape index (κ3) is 4.86. The molecule has 26 heavy (non-hydrogen) atoms. The number of methoxy groups -OCH3 is 2. The van der Waals surface area contributed by atoms with Gasteiger partial charge in [0.25, 0.3) is 0 Å². The Morgan fingerprint density at radius 1 is 0.923 bits per heavy atom. The summed E-state index contributed by atoms with van der Waals surface area (Å²) >= 11 is 0. The molecule has 2 aromatic rings. The van der Waals surface area contributed by atoms with Crippen LogP contribution in [0.5, 0.6) is 17.2 Å². The van der Waals surface area contributed by atoms with Gasteiger partial charge in [-0.3, -0.25) is 4.79 Å². The smallest absolute Gasteiger partial charge is 0.414 e. The summed E-state index contributed by atoms with van der Waals surface area (Å²) < 4.78 is 15.6. The molecule has 6 nitrogen and oxygen atoms in total. The van der Waals surface area contributed by atoms with Gasteiger partial charge in [-0.2, -0.15) is 0 Å². The maximum Gasteiger partial charge on any atom is 0.414 e. The summed E-state index contributed by atoms with van der Waals surface area (Å²) in [5.41, 5.74) is 1.30. The molecule has 0 N–H and O–H groups in total. The maximum atomic E-state index is 12.2. The van der Waals surface area contributed by atoms with Crippen molar-refractivity contribution in [2.24, 2.45) is 0 Å². The summed E-state index contributed by atoms with van der Waals surface area (Å²) in [6.07, 6.45) is 2.65. The van der Waals surface area contributed by atoms with Crippen molar-refractivity contribution in [3.8, 4) is 17.2 Å². The molecule has 2 rings (SSSR count).